The summed E-state index contributed by atoms with van der Waals surface area (Å²) in [6.07, 6.45) is -1.52. The molecule has 0 radical (unpaired) electrons. The number of primary amides is 1. The smallest absolute Gasteiger partial charge is 0.318 e. The first-order valence-electron chi connectivity index (χ1n) is 5.69. The molecule has 7 heteroatoms. The molecule has 1 aromatic carbocycles. The summed E-state index contributed by atoms with van der Waals surface area (Å²) < 4.78 is 10.6. The minimum atomic E-state index is -0.930. The van der Waals surface area contributed by atoms with Crippen LogP contribution in [0, 0.1) is 0 Å². The number of fused-ring (bicyclic) bond motifs is 1. The second-order valence-electron chi connectivity index (χ2n) is 4.14. The van der Waals surface area contributed by atoms with E-state index in [1.807, 2.05) is 5.32 Å². The predicted molar refractivity (Wildman–Crippen MR) is 64.7 cm³/mol. The maximum Gasteiger partial charge on any atom is 0.318 e. The number of hydrogen-bond acceptors (Lipinski definition) is 5. The van der Waals surface area contributed by atoms with E-state index in [2.05, 4.69) is 0 Å². The highest BCUT2D eigenvalue weighted by Crippen LogP contribution is 2.35. The van der Waals surface area contributed by atoms with Gasteiger partial charge in [-0.25, -0.2) is 4.79 Å². The van der Waals surface area contributed by atoms with Gasteiger partial charge in [0.2, 0.25) is 0 Å². The van der Waals surface area contributed by atoms with Crippen molar-refractivity contribution in [2.45, 2.75) is 19.1 Å². The molecule has 2 unspecified atom stereocenters. The lowest BCUT2D eigenvalue weighted by molar-refractivity contribution is -0.126. The molecule has 1 aliphatic rings. The van der Waals surface area contributed by atoms with Crippen molar-refractivity contribution < 1.29 is 24.2 Å². The van der Waals surface area contributed by atoms with E-state index in [4.69, 9.17) is 15.2 Å². The Balaban J connectivity index is 2.04. The summed E-state index contributed by atoms with van der Waals surface area (Å²) in [4.78, 5) is 22.0. The number of nitrogens with two attached hydrogens (primary N) is 1. The Morgan fingerprint density at radius 1 is 1.58 bits per heavy atom. The summed E-state index contributed by atoms with van der Waals surface area (Å²) in [7, 11) is 0. The number of carbonyl (C=O) groups is 2. The van der Waals surface area contributed by atoms with Gasteiger partial charge in [0.25, 0.3) is 5.91 Å². The van der Waals surface area contributed by atoms with E-state index in [1.165, 1.54) is 6.92 Å². The van der Waals surface area contributed by atoms with Crippen molar-refractivity contribution in [2.75, 3.05) is 6.61 Å². The number of aliphatic hydroxyl groups excluding tert-OH is 1. The standard InChI is InChI=1S/C12H14N2O5/c1-6(11(16)14-12(13)17)19-7-2-3-8-9(15)5-18-10(8)4-7/h2-4,6,9,15H,5H2,1H3,(H3,13,14,16,17). The SMILES string of the molecule is CC(Oc1ccc2c(c1)OCC2O)C(=O)NC(N)=O. The molecular weight excluding hydrogens is 252 g/mol. The van der Waals surface area contributed by atoms with Gasteiger partial charge in [0.15, 0.2) is 6.10 Å². The average Bonchev–Trinajstić information content (AvgIpc) is 2.70. The molecule has 0 saturated carbocycles. The Hall–Kier alpha value is -2.28. The third kappa shape index (κ3) is 2.94. The molecule has 2 atom stereocenters. The molecule has 0 bridgehead atoms. The number of nitrogens with one attached hydrogen (secondary N) is 1. The number of benzene rings is 1. The summed E-state index contributed by atoms with van der Waals surface area (Å²) in [6, 6.07) is 3.94. The quantitative estimate of drug-likeness (QED) is 0.717. The Kier molecular flexibility index (Phi) is 3.57. The van der Waals surface area contributed by atoms with Crippen LogP contribution in [0.25, 0.3) is 0 Å². The van der Waals surface area contributed by atoms with E-state index in [0.717, 1.165) is 0 Å². The first kappa shape index (κ1) is 13.2. The molecule has 0 aromatic heterocycles. The number of rotatable bonds is 3. The van der Waals surface area contributed by atoms with Crippen LogP contribution in [0.5, 0.6) is 11.5 Å². The second kappa shape index (κ2) is 5.15. The maximum absolute atomic E-state index is 11.4. The molecule has 7 nitrogen and oxygen atoms in total. The fraction of sp³-hybridized carbons (Fsp3) is 0.333. The zero-order valence-corrected chi connectivity index (χ0v) is 10.3. The molecule has 19 heavy (non-hydrogen) atoms. The molecule has 0 saturated heterocycles. The van der Waals surface area contributed by atoms with Gasteiger partial charge in [-0.1, -0.05) is 0 Å². The van der Waals surface area contributed by atoms with Crippen molar-refractivity contribution in [1.82, 2.24) is 5.32 Å². The second-order valence-corrected chi connectivity index (χ2v) is 4.14. The highest BCUT2D eigenvalue weighted by atomic mass is 16.5. The van der Waals surface area contributed by atoms with Gasteiger partial charge in [-0.15, -0.1) is 0 Å². The van der Waals surface area contributed by atoms with E-state index in [9.17, 15) is 14.7 Å². The highest BCUT2D eigenvalue weighted by Gasteiger charge is 2.23. The number of ether oxygens (including phenoxy) is 2. The lowest BCUT2D eigenvalue weighted by atomic mass is 10.1. The van der Waals surface area contributed by atoms with Crippen molar-refractivity contribution in [1.29, 1.82) is 0 Å². The van der Waals surface area contributed by atoms with Crippen LogP contribution in [0.15, 0.2) is 18.2 Å². The van der Waals surface area contributed by atoms with E-state index in [0.29, 0.717) is 17.1 Å². The molecule has 102 valence electrons. The lowest BCUT2D eigenvalue weighted by Gasteiger charge is -2.14. The molecule has 1 aliphatic heterocycles. The molecule has 1 heterocycles. The molecule has 4 N–H and O–H groups in total. The Morgan fingerprint density at radius 3 is 3.00 bits per heavy atom. The van der Waals surface area contributed by atoms with Crippen LogP contribution in [0.3, 0.4) is 0 Å². The van der Waals surface area contributed by atoms with Gasteiger partial charge in [0.1, 0.15) is 24.2 Å². The zero-order valence-electron chi connectivity index (χ0n) is 10.3. The predicted octanol–water partition coefficient (Wildman–Crippen LogP) is 0.0746. The largest absolute Gasteiger partial charge is 0.490 e. The Labute approximate surface area is 109 Å². The average molecular weight is 266 g/mol. The fourth-order valence-electron chi connectivity index (χ4n) is 1.73. The summed E-state index contributed by atoms with van der Waals surface area (Å²) in [5.41, 5.74) is 5.52. The number of carbonyl (C=O) groups excluding carboxylic acids is 2. The third-order valence-electron chi connectivity index (χ3n) is 2.67. The highest BCUT2D eigenvalue weighted by molar-refractivity contribution is 5.95. The van der Waals surface area contributed by atoms with Crippen LogP contribution in [-0.2, 0) is 4.79 Å². The molecule has 0 spiro atoms. The number of imide groups is 1. The van der Waals surface area contributed by atoms with Crippen LogP contribution in [-0.4, -0.2) is 29.8 Å². The molecule has 0 fully saturated rings. The number of hydrogen-bond donors (Lipinski definition) is 3. The molecule has 1 aromatic rings. The van der Waals surface area contributed by atoms with Crippen LogP contribution in [0.2, 0.25) is 0 Å². The van der Waals surface area contributed by atoms with E-state index in [-0.39, 0.29) is 6.61 Å². The van der Waals surface area contributed by atoms with Crippen molar-refractivity contribution in [3.05, 3.63) is 23.8 Å². The van der Waals surface area contributed by atoms with Crippen molar-refractivity contribution >= 4 is 11.9 Å². The van der Waals surface area contributed by atoms with E-state index in [1.54, 1.807) is 18.2 Å². The van der Waals surface area contributed by atoms with Crippen LogP contribution in [0.4, 0.5) is 4.79 Å². The number of urea groups is 1. The van der Waals surface area contributed by atoms with Crippen LogP contribution in [0.1, 0.15) is 18.6 Å². The first-order chi connectivity index (χ1) is 8.97. The van der Waals surface area contributed by atoms with Gasteiger partial charge in [0.05, 0.1) is 0 Å². The minimum Gasteiger partial charge on any atom is -0.490 e. The van der Waals surface area contributed by atoms with Gasteiger partial charge >= 0.3 is 6.03 Å². The van der Waals surface area contributed by atoms with Gasteiger partial charge in [-0.05, 0) is 19.1 Å². The summed E-state index contributed by atoms with van der Waals surface area (Å²) in [6.45, 7) is 1.69. The van der Waals surface area contributed by atoms with E-state index >= 15 is 0 Å². The summed E-state index contributed by atoms with van der Waals surface area (Å²) in [5, 5.41) is 11.5. The van der Waals surface area contributed by atoms with Crippen LogP contribution < -0.4 is 20.5 Å². The topological polar surface area (TPSA) is 111 Å². The van der Waals surface area contributed by atoms with Gasteiger partial charge in [-0.3, -0.25) is 10.1 Å². The maximum atomic E-state index is 11.4. The van der Waals surface area contributed by atoms with Gasteiger partial charge in [-0.2, -0.15) is 0 Å². The minimum absolute atomic E-state index is 0.205. The summed E-state index contributed by atoms with van der Waals surface area (Å²) >= 11 is 0. The lowest BCUT2D eigenvalue weighted by Crippen LogP contribution is -2.42. The monoisotopic (exact) mass is 266 g/mol. The van der Waals surface area contributed by atoms with Crippen molar-refractivity contribution in [3.63, 3.8) is 0 Å². The normalized spacial score (nSPS) is 18.1. The number of amides is 3. The van der Waals surface area contributed by atoms with Crippen molar-refractivity contribution in [2.24, 2.45) is 5.73 Å². The summed E-state index contributed by atoms with van der Waals surface area (Å²) in [5.74, 6) is 0.293. The fourth-order valence-corrected chi connectivity index (χ4v) is 1.73. The molecule has 2 rings (SSSR count). The third-order valence-corrected chi connectivity index (χ3v) is 2.67. The van der Waals surface area contributed by atoms with Crippen LogP contribution >= 0.6 is 0 Å². The Morgan fingerprint density at radius 2 is 2.32 bits per heavy atom. The first-order valence-corrected chi connectivity index (χ1v) is 5.69. The zero-order chi connectivity index (χ0) is 14.0. The van der Waals surface area contributed by atoms with E-state index < -0.39 is 24.1 Å². The van der Waals surface area contributed by atoms with Gasteiger partial charge < -0.3 is 20.3 Å². The molecular formula is C12H14N2O5. The van der Waals surface area contributed by atoms with Gasteiger partial charge in [0, 0.05) is 11.6 Å². The molecule has 3 amide bonds. The van der Waals surface area contributed by atoms with Crippen molar-refractivity contribution in [3.8, 4) is 11.5 Å². The number of aliphatic hydroxyl groups is 1. The Bertz CT molecular complexity index is 517. The molecule has 0 aliphatic carbocycles.